The highest BCUT2D eigenvalue weighted by atomic mass is 16.6. The number of ether oxygens (including phenoxy) is 3. The first-order chi connectivity index (χ1) is 20.5. The van der Waals surface area contributed by atoms with E-state index in [0.29, 0.717) is 0 Å². The van der Waals surface area contributed by atoms with Crippen molar-refractivity contribution in [3.05, 3.63) is 144 Å². The summed E-state index contributed by atoms with van der Waals surface area (Å²) in [6.45, 7) is 0.438. The van der Waals surface area contributed by atoms with Crippen molar-refractivity contribution in [2.75, 3.05) is 13.2 Å². The van der Waals surface area contributed by atoms with Gasteiger partial charge in [0.25, 0.3) is 0 Å². The highest BCUT2D eigenvalue weighted by Crippen LogP contribution is 2.32. The Balaban J connectivity index is 1.34. The molecule has 0 spiro atoms. The second kappa shape index (κ2) is 13.5. The lowest BCUT2D eigenvalue weighted by Crippen LogP contribution is -2.46. The normalized spacial score (nSPS) is 18.5. The third kappa shape index (κ3) is 6.58. The minimum Gasteiger partial charge on any atom is -0.388 e. The molecule has 1 aliphatic heterocycles. The van der Waals surface area contributed by atoms with E-state index >= 15 is 0 Å². The van der Waals surface area contributed by atoms with Gasteiger partial charge in [0.05, 0.1) is 32.4 Å². The van der Waals surface area contributed by atoms with E-state index in [9.17, 15) is 19.8 Å². The average molecular weight is 568 g/mol. The molecule has 0 radical (unpaired) electrons. The average Bonchev–Trinajstić information content (AvgIpc) is 3.36. The number of esters is 1. The van der Waals surface area contributed by atoms with Gasteiger partial charge in [0.1, 0.15) is 12.2 Å². The highest BCUT2D eigenvalue weighted by molar-refractivity contribution is 5.93. The quantitative estimate of drug-likeness (QED) is 0.216. The molecule has 8 heteroatoms. The van der Waals surface area contributed by atoms with Crippen LogP contribution in [-0.4, -0.2) is 58.6 Å². The second-order valence-electron chi connectivity index (χ2n) is 10.1. The fourth-order valence-electron chi connectivity index (χ4n) is 5.04. The minimum atomic E-state index is -2.24. The van der Waals surface area contributed by atoms with E-state index in [1.54, 1.807) is 60.7 Å². The molecular weight excluding hydrogens is 534 g/mol. The predicted molar refractivity (Wildman–Crippen MR) is 155 cm³/mol. The van der Waals surface area contributed by atoms with Crippen LogP contribution in [0, 0.1) is 0 Å². The van der Waals surface area contributed by atoms with Crippen LogP contribution in [0.2, 0.25) is 0 Å². The summed E-state index contributed by atoms with van der Waals surface area (Å²) in [6.07, 6.45) is -2.86. The summed E-state index contributed by atoms with van der Waals surface area (Å²) in [5.41, 5.74) is 0.110. The third-order valence-corrected chi connectivity index (χ3v) is 7.35. The van der Waals surface area contributed by atoms with Gasteiger partial charge >= 0.3 is 12.1 Å². The summed E-state index contributed by atoms with van der Waals surface area (Å²) in [5, 5.41) is 22.9. The van der Waals surface area contributed by atoms with E-state index in [1.165, 1.54) is 4.90 Å². The molecule has 1 heterocycles. The van der Waals surface area contributed by atoms with Crippen molar-refractivity contribution in [3.8, 4) is 0 Å². The van der Waals surface area contributed by atoms with Crippen molar-refractivity contribution in [2.24, 2.45) is 0 Å². The van der Waals surface area contributed by atoms with Gasteiger partial charge in [-0.05, 0) is 22.3 Å². The van der Waals surface area contributed by atoms with Gasteiger partial charge < -0.3 is 24.4 Å². The van der Waals surface area contributed by atoms with E-state index in [1.807, 2.05) is 60.7 Å². The van der Waals surface area contributed by atoms with Crippen LogP contribution in [0.1, 0.15) is 22.3 Å². The van der Waals surface area contributed by atoms with E-state index in [4.69, 9.17) is 14.2 Å². The van der Waals surface area contributed by atoms with Gasteiger partial charge in [0.15, 0.2) is 0 Å². The molecule has 0 aliphatic carbocycles. The van der Waals surface area contributed by atoms with Gasteiger partial charge in [0, 0.05) is 0 Å². The van der Waals surface area contributed by atoms with Gasteiger partial charge in [-0.1, -0.05) is 121 Å². The molecule has 0 saturated carbocycles. The van der Waals surface area contributed by atoms with Crippen molar-refractivity contribution in [2.45, 2.75) is 37.1 Å². The highest BCUT2D eigenvalue weighted by Gasteiger charge is 2.48. The van der Waals surface area contributed by atoms with Crippen molar-refractivity contribution in [3.63, 3.8) is 0 Å². The number of likely N-dealkylation sites (tertiary alicyclic amines) is 1. The first-order valence-corrected chi connectivity index (χ1v) is 13.8. The van der Waals surface area contributed by atoms with Crippen molar-refractivity contribution in [1.82, 2.24) is 4.90 Å². The maximum atomic E-state index is 13.6. The SMILES string of the molecule is O=C(OC(=O)C(O)(c1ccccc1)c1ccccc1)N1C[C@H](OCc2ccccc2)[C@H](O)[C@H]1COCc1ccccc1. The molecule has 1 amide bonds. The molecule has 4 aromatic rings. The van der Waals surface area contributed by atoms with Crippen LogP contribution in [0.15, 0.2) is 121 Å². The molecule has 216 valence electrons. The molecule has 0 unspecified atom stereocenters. The Hall–Kier alpha value is -4.34. The van der Waals surface area contributed by atoms with Crippen LogP contribution in [0.5, 0.6) is 0 Å². The molecule has 5 rings (SSSR count). The van der Waals surface area contributed by atoms with Crippen LogP contribution >= 0.6 is 0 Å². The third-order valence-electron chi connectivity index (χ3n) is 7.35. The molecule has 3 atom stereocenters. The van der Waals surface area contributed by atoms with Crippen LogP contribution in [0.4, 0.5) is 4.79 Å². The predicted octanol–water partition coefficient (Wildman–Crippen LogP) is 4.43. The number of hydrogen-bond donors (Lipinski definition) is 2. The lowest BCUT2D eigenvalue weighted by atomic mass is 9.86. The first-order valence-electron chi connectivity index (χ1n) is 13.8. The molecule has 0 bridgehead atoms. The molecule has 8 nitrogen and oxygen atoms in total. The molecule has 2 N–H and O–H groups in total. The smallest absolute Gasteiger partial charge is 0.388 e. The van der Waals surface area contributed by atoms with Crippen molar-refractivity contribution < 1.29 is 34.0 Å². The standard InChI is InChI=1S/C34H33NO7/c36-31-29(24-40-22-25-13-5-1-6-14-25)35(21-30(31)41-23-26-15-7-2-8-16-26)33(38)42-32(37)34(39,27-17-9-3-10-18-27)28-19-11-4-12-20-28/h1-20,29-31,36,39H,21-24H2/t29-,30+,31-/m1/s1. The maximum absolute atomic E-state index is 13.6. The van der Waals surface area contributed by atoms with Gasteiger partial charge in [0.2, 0.25) is 5.60 Å². The molecule has 0 aromatic heterocycles. The van der Waals surface area contributed by atoms with Gasteiger partial charge in [-0.25, -0.2) is 9.59 Å². The molecule has 1 saturated heterocycles. The van der Waals surface area contributed by atoms with E-state index in [0.717, 1.165) is 11.1 Å². The second-order valence-corrected chi connectivity index (χ2v) is 10.1. The van der Waals surface area contributed by atoms with E-state index in [2.05, 4.69) is 0 Å². The molecular formula is C34H33NO7. The number of amides is 1. The lowest BCUT2D eigenvalue weighted by molar-refractivity contribution is -0.156. The van der Waals surface area contributed by atoms with Gasteiger partial charge in [-0.3, -0.25) is 4.90 Å². The zero-order valence-electron chi connectivity index (χ0n) is 23.0. The number of rotatable bonds is 10. The fourth-order valence-corrected chi connectivity index (χ4v) is 5.04. The number of aliphatic hydroxyl groups excluding tert-OH is 1. The summed E-state index contributed by atoms with van der Waals surface area (Å²) in [6, 6.07) is 34.8. The van der Waals surface area contributed by atoms with Crippen LogP contribution in [-0.2, 0) is 37.8 Å². The fraction of sp³-hybridized carbons (Fsp3) is 0.235. The van der Waals surface area contributed by atoms with Gasteiger partial charge in [-0.15, -0.1) is 0 Å². The summed E-state index contributed by atoms with van der Waals surface area (Å²) in [5.74, 6) is -1.16. The van der Waals surface area contributed by atoms with Crippen LogP contribution < -0.4 is 0 Å². The zero-order chi connectivity index (χ0) is 29.4. The number of carbonyl (C=O) groups excluding carboxylic acids is 2. The summed E-state index contributed by atoms with van der Waals surface area (Å²) in [7, 11) is 0. The van der Waals surface area contributed by atoms with E-state index < -0.39 is 35.9 Å². The summed E-state index contributed by atoms with van der Waals surface area (Å²) >= 11 is 0. The number of hydrogen-bond acceptors (Lipinski definition) is 7. The Morgan fingerprint density at radius 1 is 0.738 bits per heavy atom. The Morgan fingerprint density at radius 3 is 1.74 bits per heavy atom. The largest absolute Gasteiger partial charge is 0.418 e. The van der Waals surface area contributed by atoms with E-state index in [-0.39, 0.29) is 37.5 Å². The minimum absolute atomic E-state index is 0.0216. The molecule has 1 fully saturated rings. The summed E-state index contributed by atoms with van der Waals surface area (Å²) < 4.78 is 17.2. The van der Waals surface area contributed by atoms with Crippen LogP contribution in [0.25, 0.3) is 0 Å². The zero-order valence-corrected chi connectivity index (χ0v) is 23.0. The Bertz CT molecular complexity index is 1390. The number of carbonyl (C=O) groups is 2. The Morgan fingerprint density at radius 2 is 1.21 bits per heavy atom. The Labute approximate surface area is 244 Å². The van der Waals surface area contributed by atoms with Crippen molar-refractivity contribution in [1.29, 1.82) is 0 Å². The summed E-state index contributed by atoms with van der Waals surface area (Å²) in [4.78, 5) is 28.3. The van der Waals surface area contributed by atoms with Crippen LogP contribution in [0.3, 0.4) is 0 Å². The molecule has 42 heavy (non-hydrogen) atoms. The van der Waals surface area contributed by atoms with Gasteiger partial charge in [-0.2, -0.15) is 0 Å². The molecule has 4 aromatic carbocycles. The topological polar surface area (TPSA) is 106 Å². The lowest BCUT2D eigenvalue weighted by Gasteiger charge is -2.29. The Kier molecular flexibility index (Phi) is 9.41. The van der Waals surface area contributed by atoms with Crippen molar-refractivity contribution >= 4 is 12.1 Å². The number of nitrogens with zero attached hydrogens (tertiary/aromatic N) is 1. The molecule has 1 aliphatic rings. The maximum Gasteiger partial charge on any atom is 0.418 e. The monoisotopic (exact) mass is 567 g/mol. The number of benzene rings is 4. The first kappa shape index (κ1) is 29.2. The number of aliphatic hydroxyl groups is 2.